The van der Waals surface area contributed by atoms with Crippen molar-refractivity contribution in [2.45, 2.75) is 6.04 Å². The predicted octanol–water partition coefficient (Wildman–Crippen LogP) is 3.73. The van der Waals surface area contributed by atoms with E-state index in [9.17, 15) is 4.79 Å². The summed E-state index contributed by atoms with van der Waals surface area (Å²) < 4.78 is 10.5. The maximum absolute atomic E-state index is 12.4. The highest BCUT2D eigenvalue weighted by Crippen LogP contribution is 2.39. The number of amidine groups is 1. The standard InChI is InChI=1S/C20H18N2O3S/c1-24-15-7-3-13(4-8-15)17-11-18(14-5-9-16(25-2)10-6-14)22-19(23)12-26-20(22)21-17/h3-11,18H,12H2,1-2H3. The molecule has 1 fully saturated rings. The summed E-state index contributed by atoms with van der Waals surface area (Å²) in [6, 6.07) is 15.4. The van der Waals surface area contributed by atoms with Crippen molar-refractivity contribution in [1.82, 2.24) is 4.90 Å². The quantitative estimate of drug-likeness (QED) is 0.827. The molecule has 1 atom stereocenters. The highest BCUT2D eigenvalue weighted by Gasteiger charge is 2.37. The van der Waals surface area contributed by atoms with Crippen LogP contribution >= 0.6 is 11.8 Å². The Morgan fingerprint density at radius 3 is 2.23 bits per heavy atom. The summed E-state index contributed by atoms with van der Waals surface area (Å²) >= 11 is 1.48. The monoisotopic (exact) mass is 366 g/mol. The molecule has 2 aliphatic rings. The summed E-state index contributed by atoms with van der Waals surface area (Å²) in [5, 5.41) is 0.754. The van der Waals surface area contributed by atoms with Gasteiger partial charge in [0.05, 0.1) is 31.7 Å². The summed E-state index contributed by atoms with van der Waals surface area (Å²) in [6.45, 7) is 0. The van der Waals surface area contributed by atoms with Crippen LogP contribution in [0.15, 0.2) is 59.6 Å². The molecule has 4 rings (SSSR count). The number of rotatable bonds is 4. The highest BCUT2D eigenvalue weighted by molar-refractivity contribution is 8.15. The van der Waals surface area contributed by atoms with E-state index in [0.717, 1.165) is 33.5 Å². The summed E-state index contributed by atoms with van der Waals surface area (Å²) in [5.41, 5.74) is 2.89. The molecular formula is C20H18N2O3S. The molecule has 5 nitrogen and oxygen atoms in total. The van der Waals surface area contributed by atoms with Gasteiger partial charge in [0.15, 0.2) is 5.17 Å². The van der Waals surface area contributed by atoms with Crippen molar-refractivity contribution in [2.24, 2.45) is 4.99 Å². The minimum absolute atomic E-state index is 0.0830. The molecule has 1 saturated heterocycles. The number of aliphatic imine (C=N–C) groups is 1. The molecule has 0 aliphatic carbocycles. The minimum atomic E-state index is -0.173. The number of benzene rings is 2. The maximum atomic E-state index is 12.4. The van der Waals surface area contributed by atoms with Gasteiger partial charge >= 0.3 is 0 Å². The van der Waals surface area contributed by atoms with Crippen molar-refractivity contribution in [3.8, 4) is 11.5 Å². The molecule has 0 radical (unpaired) electrons. The summed E-state index contributed by atoms with van der Waals surface area (Å²) in [5.74, 6) is 2.10. The van der Waals surface area contributed by atoms with Gasteiger partial charge in [-0.2, -0.15) is 0 Å². The molecule has 26 heavy (non-hydrogen) atoms. The highest BCUT2D eigenvalue weighted by atomic mass is 32.2. The van der Waals surface area contributed by atoms with E-state index in [0.29, 0.717) is 5.75 Å². The fourth-order valence-electron chi connectivity index (χ4n) is 3.07. The number of hydrogen-bond donors (Lipinski definition) is 0. The van der Waals surface area contributed by atoms with Crippen LogP contribution < -0.4 is 9.47 Å². The summed E-state index contributed by atoms with van der Waals surface area (Å²) in [7, 11) is 3.29. The van der Waals surface area contributed by atoms with Gasteiger partial charge in [0.2, 0.25) is 5.91 Å². The smallest absolute Gasteiger partial charge is 0.239 e. The average Bonchev–Trinajstić information content (AvgIpc) is 3.08. The van der Waals surface area contributed by atoms with Crippen molar-refractivity contribution in [3.05, 3.63) is 65.7 Å². The Morgan fingerprint density at radius 2 is 1.62 bits per heavy atom. The molecule has 2 aliphatic heterocycles. The lowest BCUT2D eigenvalue weighted by molar-refractivity contribution is -0.125. The minimum Gasteiger partial charge on any atom is -0.497 e. The van der Waals surface area contributed by atoms with Gasteiger partial charge in [-0.1, -0.05) is 23.9 Å². The van der Waals surface area contributed by atoms with Gasteiger partial charge in [0.1, 0.15) is 11.5 Å². The van der Waals surface area contributed by atoms with Crippen molar-refractivity contribution < 1.29 is 14.3 Å². The number of carbonyl (C=O) groups is 1. The SMILES string of the molecule is COc1ccc(C2=CC(c3ccc(OC)cc3)N3C(=O)CSC3=N2)cc1. The van der Waals surface area contributed by atoms with Gasteiger partial charge < -0.3 is 9.47 Å². The van der Waals surface area contributed by atoms with Crippen molar-refractivity contribution in [1.29, 1.82) is 0 Å². The first-order chi connectivity index (χ1) is 12.7. The van der Waals surface area contributed by atoms with Gasteiger partial charge in [-0.05, 0) is 48.0 Å². The Morgan fingerprint density at radius 1 is 1.00 bits per heavy atom. The van der Waals surface area contributed by atoms with Crippen LogP contribution in [0.4, 0.5) is 0 Å². The van der Waals surface area contributed by atoms with E-state index >= 15 is 0 Å². The molecule has 132 valence electrons. The molecule has 0 aromatic heterocycles. The zero-order chi connectivity index (χ0) is 18.1. The Hall–Kier alpha value is -2.73. The molecule has 1 amide bonds. The molecular weight excluding hydrogens is 348 g/mol. The van der Waals surface area contributed by atoms with Gasteiger partial charge in [-0.15, -0.1) is 0 Å². The van der Waals surface area contributed by atoms with Gasteiger partial charge in [0.25, 0.3) is 0 Å². The normalized spacial score (nSPS) is 18.9. The number of hydrogen-bond acceptors (Lipinski definition) is 5. The average molecular weight is 366 g/mol. The van der Waals surface area contributed by atoms with Crippen molar-refractivity contribution in [2.75, 3.05) is 20.0 Å². The van der Waals surface area contributed by atoms with Crippen LogP contribution in [0, 0.1) is 0 Å². The first kappa shape index (κ1) is 16.7. The van der Waals surface area contributed by atoms with E-state index in [1.807, 2.05) is 54.6 Å². The van der Waals surface area contributed by atoms with E-state index in [2.05, 4.69) is 0 Å². The van der Waals surface area contributed by atoms with Crippen LogP contribution in [0.5, 0.6) is 11.5 Å². The summed E-state index contributed by atoms with van der Waals surface area (Å²) in [6.07, 6.45) is 2.04. The fraction of sp³-hybridized carbons (Fsp3) is 0.200. The molecule has 2 heterocycles. The van der Waals surface area contributed by atoms with Crippen LogP contribution in [-0.4, -0.2) is 35.9 Å². The number of nitrogens with zero attached hydrogens (tertiary/aromatic N) is 2. The predicted molar refractivity (Wildman–Crippen MR) is 103 cm³/mol. The third kappa shape index (κ3) is 2.97. The van der Waals surface area contributed by atoms with Gasteiger partial charge in [0, 0.05) is 5.56 Å². The van der Waals surface area contributed by atoms with E-state index in [-0.39, 0.29) is 11.9 Å². The molecule has 0 bridgehead atoms. The Bertz CT molecular complexity index is 888. The van der Waals surface area contributed by atoms with E-state index in [1.54, 1.807) is 19.1 Å². The molecule has 0 N–H and O–H groups in total. The van der Waals surface area contributed by atoms with Crippen LogP contribution in [0.2, 0.25) is 0 Å². The fourth-order valence-corrected chi connectivity index (χ4v) is 3.97. The van der Waals surface area contributed by atoms with Crippen molar-refractivity contribution in [3.63, 3.8) is 0 Å². The molecule has 0 spiro atoms. The Balaban J connectivity index is 1.75. The number of ether oxygens (including phenoxy) is 2. The number of carbonyl (C=O) groups excluding carboxylic acids is 1. The topological polar surface area (TPSA) is 51.1 Å². The first-order valence-corrected chi connectivity index (χ1v) is 9.22. The Labute approximate surface area is 156 Å². The Kier molecular flexibility index (Phi) is 4.42. The first-order valence-electron chi connectivity index (χ1n) is 8.23. The molecule has 2 aromatic rings. The molecule has 1 unspecified atom stereocenters. The van der Waals surface area contributed by atoms with Crippen LogP contribution in [-0.2, 0) is 4.79 Å². The van der Waals surface area contributed by atoms with E-state index in [4.69, 9.17) is 14.5 Å². The molecule has 0 saturated carbocycles. The third-order valence-electron chi connectivity index (χ3n) is 4.45. The number of amides is 1. The maximum Gasteiger partial charge on any atom is 0.239 e. The second kappa shape index (κ2) is 6.88. The number of fused-ring (bicyclic) bond motifs is 1. The number of methoxy groups -OCH3 is 2. The van der Waals surface area contributed by atoms with E-state index < -0.39 is 0 Å². The van der Waals surface area contributed by atoms with Gasteiger partial charge in [-0.25, -0.2) is 4.99 Å². The zero-order valence-electron chi connectivity index (χ0n) is 14.5. The van der Waals surface area contributed by atoms with Crippen molar-refractivity contribution >= 4 is 28.5 Å². The third-order valence-corrected chi connectivity index (χ3v) is 5.39. The molecule has 2 aromatic carbocycles. The lowest BCUT2D eigenvalue weighted by Crippen LogP contribution is -2.34. The van der Waals surface area contributed by atoms with Crippen LogP contribution in [0.25, 0.3) is 5.70 Å². The zero-order valence-corrected chi connectivity index (χ0v) is 15.3. The lowest BCUT2D eigenvalue weighted by atomic mass is 10.0. The van der Waals surface area contributed by atoms with E-state index in [1.165, 1.54) is 11.8 Å². The summed E-state index contributed by atoms with van der Waals surface area (Å²) in [4.78, 5) is 18.9. The largest absolute Gasteiger partial charge is 0.497 e. The second-order valence-corrected chi connectivity index (χ2v) is 6.89. The number of thioether (sulfide) groups is 1. The molecule has 6 heteroatoms. The lowest BCUT2D eigenvalue weighted by Gasteiger charge is -2.29. The second-order valence-electron chi connectivity index (χ2n) is 5.95. The van der Waals surface area contributed by atoms with Gasteiger partial charge in [-0.3, -0.25) is 9.69 Å². The van der Waals surface area contributed by atoms with Crippen LogP contribution in [0.1, 0.15) is 17.2 Å². The van der Waals surface area contributed by atoms with Crippen LogP contribution in [0.3, 0.4) is 0 Å².